The Bertz CT molecular complexity index is 797. The van der Waals surface area contributed by atoms with Gasteiger partial charge in [-0.2, -0.15) is 0 Å². The lowest BCUT2D eigenvalue weighted by Gasteiger charge is -2.17. The zero-order chi connectivity index (χ0) is 15.0. The fraction of sp³-hybridized carbons (Fsp3) is 0.176. The highest BCUT2D eigenvalue weighted by atomic mass is 79.9. The molecule has 3 rings (SSSR count). The summed E-state index contributed by atoms with van der Waals surface area (Å²) in [5.41, 5.74) is 2.56. The van der Waals surface area contributed by atoms with E-state index in [1.54, 1.807) is 6.07 Å². The number of aryl methyl sites for hydroxylation is 1. The highest BCUT2D eigenvalue weighted by Crippen LogP contribution is 2.32. The highest BCUT2D eigenvalue weighted by molar-refractivity contribution is 9.10. The zero-order valence-electron chi connectivity index (χ0n) is 11.8. The number of hydrogen-bond donors (Lipinski definition) is 1. The Hall–Kier alpha value is -1.65. The maximum atomic E-state index is 13.8. The molecule has 0 aliphatic rings. The number of nitrogens with one attached hydrogen (secondary N) is 1. The van der Waals surface area contributed by atoms with Gasteiger partial charge < -0.3 is 9.73 Å². The average Bonchev–Trinajstić information content (AvgIpc) is 2.89. The molecule has 1 N–H and O–H groups in total. The Morgan fingerprint density at radius 1 is 1.19 bits per heavy atom. The first-order valence-electron chi connectivity index (χ1n) is 6.71. The monoisotopic (exact) mass is 347 g/mol. The SMILES string of the molecule is CNC(c1cc2cccc(F)c2o1)c1cc(Br)ccc1C. The van der Waals surface area contributed by atoms with Crippen molar-refractivity contribution in [3.63, 3.8) is 0 Å². The van der Waals surface area contributed by atoms with Gasteiger partial charge >= 0.3 is 0 Å². The van der Waals surface area contributed by atoms with E-state index in [1.165, 1.54) is 6.07 Å². The molecular formula is C17H15BrFNO. The summed E-state index contributed by atoms with van der Waals surface area (Å²) < 4.78 is 20.5. The van der Waals surface area contributed by atoms with E-state index in [0.29, 0.717) is 11.3 Å². The van der Waals surface area contributed by atoms with E-state index in [2.05, 4.69) is 34.2 Å². The largest absolute Gasteiger partial charge is 0.456 e. The number of benzene rings is 2. The molecule has 0 aliphatic heterocycles. The van der Waals surface area contributed by atoms with Crippen LogP contribution < -0.4 is 5.32 Å². The minimum Gasteiger partial charge on any atom is -0.456 e. The highest BCUT2D eigenvalue weighted by Gasteiger charge is 2.20. The van der Waals surface area contributed by atoms with Crippen molar-refractivity contribution in [2.45, 2.75) is 13.0 Å². The molecule has 21 heavy (non-hydrogen) atoms. The van der Waals surface area contributed by atoms with Crippen LogP contribution in [-0.4, -0.2) is 7.05 Å². The molecule has 1 unspecified atom stereocenters. The fourth-order valence-electron chi connectivity index (χ4n) is 2.56. The third-order valence-corrected chi connectivity index (χ3v) is 4.13. The van der Waals surface area contributed by atoms with E-state index >= 15 is 0 Å². The first-order valence-corrected chi connectivity index (χ1v) is 7.50. The van der Waals surface area contributed by atoms with E-state index in [9.17, 15) is 4.39 Å². The van der Waals surface area contributed by atoms with Crippen LogP contribution in [0.15, 0.2) is 51.4 Å². The molecule has 1 atom stereocenters. The lowest BCUT2D eigenvalue weighted by atomic mass is 9.99. The summed E-state index contributed by atoms with van der Waals surface area (Å²) in [6.07, 6.45) is 0. The summed E-state index contributed by atoms with van der Waals surface area (Å²) >= 11 is 3.49. The predicted octanol–water partition coefficient (Wildman–Crippen LogP) is 4.95. The van der Waals surface area contributed by atoms with Gasteiger partial charge in [-0.1, -0.05) is 34.1 Å². The molecule has 3 aromatic rings. The summed E-state index contributed by atoms with van der Waals surface area (Å²) in [6.45, 7) is 2.05. The second-order valence-corrected chi connectivity index (χ2v) is 5.95. The number of rotatable bonds is 3. The molecule has 0 saturated heterocycles. The van der Waals surface area contributed by atoms with Gasteiger partial charge in [0.1, 0.15) is 5.76 Å². The lowest BCUT2D eigenvalue weighted by Crippen LogP contribution is -2.18. The van der Waals surface area contributed by atoms with Crippen LogP contribution in [-0.2, 0) is 0 Å². The molecule has 1 aromatic heterocycles. The van der Waals surface area contributed by atoms with Crippen molar-refractivity contribution < 1.29 is 8.81 Å². The summed E-state index contributed by atoms with van der Waals surface area (Å²) in [6, 6.07) is 12.8. The first kappa shape index (κ1) is 14.3. The number of furan rings is 1. The Morgan fingerprint density at radius 3 is 2.71 bits per heavy atom. The van der Waals surface area contributed by atoms with Gasteiger partial charge in [0, 0.05) is 9.86 Å². The van der Waals surface area contributed by atoms with Crippen LogP contribution in [0.4, 0.5) is 4.39 Å². The average molecular weight is 348 g/mol. The van der Waals surface area contributed by atoms with Gasteiger partial charge in [0.25, 0.3) is 0 Å². The minimum absolute atomic E-state index is 0.116. The van der Waals surface area contributed by atoms with Crippen LogP contribution in [0.25, 0.3) is 11.0 Å². The van der Waals surface area contributed by atoms with Crippen LogP contribution in [0.1, 0.15) is 22.9 Å². The van der Waals surface area contributed by atoms with Gasteiger partial charge in [-0.3, -0.25) is 0 Å². The quantitative estimate of drug-likeness (QED) is 0.724. The maximum Gasteiger partial charge on any atom is 0.169 e. The summed E-state index contributed by atoms with van der Waals surface area (Å²) in [5, 5.41) is 4.02. The molecule has 1 heterocycles. The Kier molecular flexibility index (Phi) is 3.83. The summed E-state index contributed by atoms with van der Waals surface area (Å²) in [7, 11) is 1.87. The van der Waals surface area contributed by atoms with E-state index in [0.717, 1.165) is 21.0 Å². The van der Waals surface area contributed by atoms with Crippen molar-refractivity contribution in [2.75, 3.05) is 7.05 Å². The second kappa shape index (κ2) is 5.62. The third-order valence-electron chi connectivity index (χ3n) is 3.64. The molecule has 4 heteroatoms. The molecule has 108 valence electrons. The van der Waals surface area contributed by atoms with Gasteiger partial charge in [0.15, 0.2) is 11.4 Å². The maximum absolute atomic E-state index is 13.8. The number of fused-ring (bicyclic) bond motifs is 1. The molecular weight excluding hydrogens is 333 g/mol. The van der Waals surface area contributed by atoms with Crippen molar-refractivity contribution in [3.05, 3.63) is 69.6 Å². The van der Waals surface area contributed by atoms with Crippen LogP contribution >= 0.6 is 15.9 Å². The smallest absolute Gasteiger partial charge is 0.169 e. The summed E-state index contributed by atoms with van der Waals surface area (Å²) in [4.78, 5) is 0. The van der Waals surface area contributed by atoms with Crippen molar-refractivity contribution in [1.82, 2.24) is 5.32 Å². The lowest BCUT2D eigenvalue weighted by molar-refractivity contribution is 0.475. The molecule has 2 nitrogen and oxygen atoms in total. The first-order chi connectivity index (χ1) is 10.1. The normalized spacial score (nSPS) is 12.8. The Labute approximate surface area is 131 Å². The van der Waals surface area contributed by atoms with Crippen molar-refractivity contribution in [1.29, 1.82) is 0 Å². The van der Waals surface area contributed by atoms with E-state index < -0.39 is 0 Å². The Morgan fingerprint density at radius 2 is 2.00 bits per heavy atom. The fourth-order valence-corrected chi connectivity index (χ4v) is 2.94. The van der Waals surface area contributed by atoms with Crippen LogP contribution in [0.3, 0.4) is 0 Å². The summed E-state index contributed by atoms with van der Waals surface area (Å²) in [5.74, 6) is 0.373. The third kappa shape index (κ3) is 2.61. The van der Waals surface area contributed by atoms with Crippen molar-refractivity contribution in [2.24, 2.45) is 0 Å². The van der Waals surface area contributed by atoms with Gasteiger partial charge in [-0.05, 0) is 49.4 Å². The molecule has 0 amide bonds. The number of hydrogen-bond acceptors (Lipinski definition) is 2. The molecule has 0 saturated carbocycles. The second-order valence-electron chi connectivity index (χ2n) is 5.03. The predicted molar refractivity (Wildman–Crippen MR) is 86.0 cm³/mol. The molecule has 2 aromatic carbocycles. The van der Waals surface area contributed by atoms with E-state index in [1.807, 2.05) is 31.3 Å². The van der Waals surface area contributed by atoms with Gasteiger partial charge in [0.05, 0.1) is 6.04 Å². The van der Waals surface area contributed by atoms with Gasteiger partial charge in [-0.25, -0.2) is 4.39 Å². The number of halogens is 2. The van der Waals surface area contributed by atoms with Crippen LogP contribution in [0.5, 0.6) is 0 Å². The Balaban J connectivity index is 2.13. The molecule has 0 fully saturated rings. The standard InChI is InChI=1S/C17H15BrFNO/c1-10-6-7-12(18)9-13(10)16(20-2)15-8-11-4-3-5-14(19)17(11)21-15/h3-9,16,20H,1-2H3. The molecule has 0 radical (unpaired) electrons. The van der Waals surface area contributed by atoms with Crippen LogP contribution in [0.2, 0.25) is 0 Å². The number of para-hydroxylation sites is 1. The molecule has 0 spiro atoms. The molecule has 0 bridgehead atoms. The van der Waals surface area contributed by atoms with E-state index in [-0.39, 0.29) is 11.9 Å². The zero-order valence-corrected chi connectivity index (χ0v) is 13.4. The van der Waals surface area contributed by atoms with Crippen molar-refractivity contribution in [3.8, 4) is 0 Å². The van der Waals surface area contributed by atoms with Crippen molar-refractivity contribution >= 4 is 26.9 Å². The van der Waals surface area contributed by atoms with Gasteiger partial charge in [0.2, 0.25) is 0 Å². The minimum atomic E-state index is -0.334. The van der Waals surface area contributed by atoms with Gasteiger partial charge in [-0.15, -0.1) is 0 Å². The molecule has 0 aliphatic carbocycles. The topological polar surface area (TPSA) is 25.2 Å². The van der Waals surface area contributed by atoms with Crippen LogP contribution in [0, 0.1) is 12.7 Å². The van der Waals surface area contributed by atoms with E-state index in [4.69, 9.17) is 4.42 Å².